The number of hydrogen-bond acceptors (Lipinski definition) is 3. The van der Waals surface area contributed by atoms with Crippen LogP contribution in [-0.4, -0.2) is 36.8 Å². The minimum absolute atomic E-state index is 0.271. The largest absolute Gasteiger partial charge is 0.494 e. The number of hydrogen-bond donors (Lipinski definition) is 0. The molecule has 1 heterocycles. The fourth-order valence-corrected chi connectivity index (χ4v) is 2.24. The van der Waals surface area contributed by atoms with Crippen molar-refractivity contribution in [2.24, 2.45) is 0 Å². The van der Waals surface area contributed by atoms with Crippen molar-refractivity contribution >= 4 is 12.6 Å². The molecule has 2 rings (SSSR count). The van der Waals surface area contributed by atoms with E-state index in [0.29, 0.717) is 0 Å². The van der Waals surface area contributed by atoms with Gasteiger partial charge >= 0.3 is 7.12 Å². The van der Waals surface area contributed by atoms with Crippen LogP contribution in [0.4, 0.5) is 0 Å². The summed E-state index contributed by atoms with van der Waals surface area (Å²) in [6.45, 7) is 12.5. The van der Waals surface area contributed by atoms with Gasteiger partial charge in [0, 0.05) is 6.54 Å². The van der Waals surface area contributed by atoms with Gasteiger partial charge < -0.3 is 14.2 Å². The third kappa shape index (κ3) is 3.08. The molecule has 0 saturated carbocycles. The Morgan fingerprint density at radius 1 is 1.10 bits per heavy atom. The summed E-state index contributed by atoms with van der Waals surface area (Å²) >= 11 is 0. The van der Waals surface area contributed by atoms with Crippen LogP contribution in [0.25, 0.3) is 0 Å². The molecule has 3 nitrogen and oxygen atoms in total. The molecule has 0 aliphatic carbocycles. The maximum Gasteiger partial charge on any atom is 0.494 e. The lowest BCUT2D eigenvalue weighted by Gasteiger charge is -2.32. The molecule has 110 valence electrons. The Kier molecular flexibility index (Phi) is 4.28. The van der Waals surface area contributed by atoms with Crippen molar-refractivity contribution in [3.8, 4) is 0 Å². The maximum absolute atomic E-state index is 6.10. The molecular weight excluding hydrogens is 249 g/mol. The summed E-state index contributed by atoms with van der Waals surface area (Å²) in [4.78, 5) is 2.28. The summed E-state index contributed by atoms with van der Waals surface area (Å²) < 4.78 is 12.2. The summed E-state index contributed by atoms with van der Waals surface area (Å²) in [5.41, 5.74) is 1.83. The minimum Gasteiger partial charge on any atom is -0.399 e. The van der Waals surface area contributed by atoms with Crippen molar-refractivity contribution in [1.82, 2.24) is 4.90 Å². The van der Waals surface area contributed by atoms with E-state index in [0.717, 1.165) is 18.6 Å². The lowest BCUT2D eigenvalue weighted by molar-refractivity contribution is 0.00578. The molecule has 20 heavy (non-hydrogen) atoms. The van der Waals surface area contributed by atoms with Gasteiger partial charge in [-0.05, 0) is 52.3 Å². The number of benzene rings is 1. The van der Waals surface area contributed by atoms with Gasteiger partial charge in [0.25, 0.3) is 0 Å². The average Bonchev–Trinajstić information content (AvgIpc) is 2.59. The zero-order valence-electron chi connectivity index (χ0n) is 13.6. The van der Waals surface area contributed by atoms with E-state index in [4.69, 9.17) is 9.31 Å². The zero-order valence-corrected chi connectivity index (χ0v) is 13.6. The second-order valence-corrected chi connectivity index (χ2v) is 6.66. The Hall–Kier alpha value is -0.835. The van der Waals surface area contributed by atoms with Crippen LogP contribution in [0.3, 0.4) is 0 Å². The summed E-state index contributed by atoms with van der Waals surface area (Å²) in [6.07, 6.45) is 0. The lowest BCUT2D eigenvalue weighted by atomic mass is 9.78. The van der Waals surface area contributed by atoms with Gasteiger partial charge in [0.05, 0.1) is 11.2 Å². The molecule has 0 atom stereocenters. The molecule has 1 aliphatic rings. The lowest BCUT2D eigenvalue weighted by Crippen LogP contribution is -2.41. The highest BCUT2D eigenvalue weighted by molar-refractivity contribution is 6.62. The van der Waals surface area contributed by atoms with E-state index < -0.39 is 0 Å². The molecule has 0 radical (unpaired) electrons. The van der Waals surface area contributed by atoms with Gasteiger partial charge in [0.2, 0.25) is 0 Å². The molecule has 1 saturated heterocycles. The SMILES string of the molecule is CCN(C)Cc1cccc(B2OC(C)(C)C(C)(C)O2)c1. The van der Waals surface area contributed by atoms with Crippen LogP contribution in [0.15, 0.2) is 24.3 Å². The maximum atomic E-state index is 6.10. The van der Waals surface area contributed by atoms with Gasteiger partial charge in [-0.1, -0.05) is 31.2 Å². The Morgan fingerprint density at radius 2 is 1.70 bits per heavy atom. The zero-order chi connectivity index (χ0) is 15.0. The summed E-state index contributed by atoms with van der Waals surface area (Å²) in [5.74, 6) is 0. The van der Waals surface area contributed by atoms with Crippen LogP contribution in [-0.2, 0) is 15.9 Å². The highest BCUT2D eigenvalue weighted by atomic mass is 16.7. The Balaban J connectivity index is 2.17. The van der Waals surface area contributed by atoms with E-state index in [2.05, 4.69) is 70.8 Å². The van der Waals surface area contributed by atoms with Crippen LogP contribution in [0.1, 0.15) is 40.2 Å². The Labute approximate surface area is 123 Å². The molecule has 0 amide bonds. The van der Waals surface area contributed by atoms with E-state index in [-0.39, 0.29) is 18.3 Å². The van der Waals surface area contributed by atoms with Gasteiger partial charge in [-0.2, -0.15) is 0 Å². The van der Waals surface area contributed by atoms with Crippen molar-refractivity contribution in [2.45, 2.75) is 52.4 Å². The van der Waals surface area contributed by atoms with Crippen LogP contribution in [0, 0.1) is 0 Å². The molecule has 0 bridgehead atoms. The summed E-state index contributed by atoms with van der Waals surface area (Å²) in [7, 11) is 1.86. The summed E-state index contributed by atoms with van der Waals surface area (Å²) in [5, 5.41) is 0. The van der Waals surface area contributed by atoms with Crippen LogP contribution in [0.2, 0.25) is 0 Å². The normalized spacial score (nSPS) is 20.6. The molecule has 1 aromatic rings. The minimum atomic E-state index is -0.284. The second kappa shape index (κ2) is 5.51. The van der Waals surface area contributed by atoms with E-state index >= 15 is 0 Å². The van der Waals surface area contributed by atoms with Gasteiger partial charge in [0.1, 0.15) is 0 Å². The third-order valence-electron chi connectivity index (χ3n) is 4.47. The average molecular weight is 275 g/mol. The first-order chi connectivity index (χ1) is 9.25. The highest BCUT2D eigenvalue weighted by Crippen LogP contribution is 2.36. The predicted octanol–water partition coefficient (Wildman–Crippen LogP) is 2.44. The van der Waals surface area contributed by atoms with Crippen molar-refractivity contribution in [1.29, 1.82) is 0 Å². The van der Waals surface area contributed by atoms with Crippen LogP contribution < -0.4 is 5.46 Å². The monoisotopic (exact) mass is 275 g/mol. The number of nitrogens with zero attached hydrogens (tertiary/aromatic N) is 1. The first-order valence-corrected chi connectivity index (χ1v) is 7.38. The first-order valence-electron chi connectivity index (χ1n) is 7.38. The smallest absolute Gasteiger partial charge is 0.399 e. The molecule has 0 aromatic heterocycles. The van der Waals surface area contributed by atoms with Crippen LogP contribution in [0.5, 0.6) is 0 Å². The Bertz CT molecular complexity index is 457. The fourth-order valence-electron chi connectivity index (χ4n) is 2.24. The summed E-state index contributed by atoms with van der Waals surface area (Å²) in [6, 6.07) is 8.51. The van der Waals surface area contributed by atoms with Gasteiger partial charge in [0.15, 0.2) is 0 Å². The molecule has 0 unspecified atom stereocenters. The van der Waals surface area contributed by atoms with Crippen molar-refractivity contribution in [2.75, 3.05) is 13.6 Å². The van der Waals surface area contributed by atoms with Gasteiger partial charge in [-0.15, -0.1) is 0 Å². The third-order valence-corrected chi connectivity index (χ3v) is 4.47. The fraction of sp³-hybridized carbons (Fsp3) is 0.625. The van der Waals surface area contributed by atoms with Crippen molar-refractivity contribution in [3.63, 3.8) is 0 Å². The van der Waals surface area contributed by atoms with E-state index in [1.54, 1.807) is 0 Å². The molecule has 4 heteroatoms. The van der Waals surface area contributed by atoms with Crippen molar-refractivity contribution < 1.29 is 9.31 Å². The van der Waals surface area contributed by atoms with Crippen molar-refractivity contribution in [3.05, 3.63) is 29.8 Å². The van der Waals surface area contributed by atoms with Gasteiger partial charge in [-0.3, -0.25) is 0 Å². The molecule has 1 fully saturated rings. The van der Waals surface area contributed by atoms with Gasteiger partial charge in [-0.25, -0.2) is 0 Å². The topological polar surface area (TPSA) is 21.7 Å². The predicted molar refractivity (Wildman–Crippen MR) is 84.2 cm³/mol. The molecule has 0 N–H and O–H groups in total. The second-order valence-electron chi connectivity index (χ2n) is 6.66. The molecule has 1 aromatic carbocycles. The standard InChI is InChI=1S/C16H26BNO2/c1-7-18(6)12-13-9-8-10-14(11-13)17-19-15(2,3)16(4,5)20-17/h8-11H,7,12H2,1-6H3. The Morgan fingerprint density at radius 3 is 2.25 bits per heavy atom. The molecule has 0 spiro atoms. The molecule has 1 aliphatic heterocycles. The number of rotatable bonds is 4. The first kappa shape index (κ1) is 15.6. The quantitative estimate of drug-likeness (QED) is 0.788. The molecular formula is C16H26BNO2. The van der Waals surface area contributed by atoms with E-state index in [9.17, 15) is 0 Å². The highest BCUT2D eigenvalue weighted by Gasteiger charge is 2.51. The van der Waals surface area contributed by atoms with E-state index in [1.165, 1.54) is 5.56 Å². The van der Waals surface area contributed by atoms with E-state index in [1.807, 2.05) is 0 Å². The van der Waals surface area contributed by atoms with Crippen LogP contribution >= 0.6 is 0 Å².